The number of rotatable bonds is 5. The molecule has 3 heteroatoms. The number of ether oxygens (including phenoxy) is 2. The maximum absolute atomic E-state index is 6.27. The minimum Gasteiger partial charge on any atom is -0.484 e. The molecule has 3 unspecified atom stereocenters. The fourth-order valence-electron chi connectivity index (χ4n) is 2.84. The van der Waals surface area contributed by atoms with Crippen molar-refractivity contribution in [2.24, 2.45) is 0 Å². The molecule has 0 amide bonds. The van der Waals surface area contributed by atoms with Crippen molar-refractivity contribution in [1.82, 2.24) is 5.32 Å². The van der Waals surface area contributed by atoms with E-state index in [-0.39, 0.29) is 11.7 Å². The van der Waals surface area contributed by atoms with Gasteiger partial charge in [0, 0.05) is 25.1 Å². The van der Waals surface area contributed by atoms with Crippen molar-refractivity contribution in [2.45, 2.75) is 58.3 Å². The molecule has 0 saturated carbocycles. The third-order valence-electron chi connectivity index (χ3n) is 4.35. The van der Waals surface area contributed by atoms with E-state index in [2.05, 4.69) is 51.2 Å². The van der Waals surface area contributed by atoms with Crippen LogP contribution < -0.4 is 10.1 Å². The van der Waals surface area contributed by atoms with Gasteiger partial charge >= 0.3 is 0 Å². The Bertz CT molecular complexity index is 460. The maximum Gasteiger partial charge on any atom is 0.134 e. The third-order valence-corrected chi connectivity index (χ3v) is 4.35. The molecule has 0 fully saturated rings. The van der Waals surface area contributed by atoms with Gasteiger partial charge in [-0.05, 0) is 39.8 Å². The van der Waals surface area contributed by atoms with Gasteiger partial charge in [-0.3, -0.25) is 0 Å². The first kappa shape index (κ1) is 15.3. The summed E-state index contributed by atoms with van der Waals surface area (Å²) in [5, 5.41) is 3.65. The van der Waals surface area contributed by atoms with Crippen LogP contribution in [0.1, 0.15) is 50.8 Å². The first-order valence-electron chi connectivity index (χ1n) is 7.56. The second-order valence-corrected chi connectivity index (χ2v) is 6.04. The highest BCUT2D eigenvalue weighted by Gasteiger charge is 2.41. The van der Waals surface area contributed by atoms with Crippen molar-refractivity contribution in [1.29, 1.82) is 0 Å². The van der Waals surface area contributed by atoms with Crippen molar-refractivity contribution in [2.75, 3.05) is 13.7 Å². The lowest BCUT2D eigenvalue weighted by molar-refractivity contribution is -0.0731. The zero-order valence-electron chi connectivity index (χ0n) is 13.3. The quantitative estimate of drug-likeness (QED) is 0.892. The summed E-state index contributed by atoms with van der Waals surface area (Å²) >= 11 is 0. The van der Waals surface area contributed by atoms with Crippen molar-refractivity contribution in [3.63, 3.8) is 0 Å². The van der Waals surface area contributed by atoms with Crippen LogP contribution in [0.4, 0.5) is 0 Å². The van der Waals surface area contributed by atoms with Crippen molar-refractivity contribution in [3.8, 4) is 5.75 Å². The van der Waals surface area contributed by atoms with E-state index in [1.54, 1.807) is 7.11 Å². The summed E-state index contributed by atoms with van der Waals surface area (Å²) in [5.74, 6) is 0.988. The molecule has 0 radical (unpaired) electrons. The molecule has 1 aromatic carbocycles. The fraction of sp³-hybridized carbons (Fsp3) is 0.647. The van der Waals surface area contributed by atoms with Crippen LogP contribution in [0.2, 0.25) is 0 Å². The lowest BCUT2D eigenvalue weighted by Gasteiger charge is -2.43. The number of hydrogen-bond acceptors (Lipinski definition) is 3. The van der Waals surface area contributed by atoms with Crippen LogP contribution >= 0.6 is 0 Å². The molecule has 0 saturated heterocycles. The average molecular weight is 277 g/mol. The number of benzene rings is 1. The van der Waals surface area contributed by atoms with Crippen LogP contribution in [0, 0.1) is 6.92 Å². The maximum atomic E-state index is 6.27. The van der Waals surface area contributed by atoms with E-state index in [0.29, 0.717) is 6.04 Å². The van der Waals surface area contributed by atoms with Crippen LogP contribution in [-0.2, 0) is 4.74 Å². The Morgan fingerprint density at radius 2 is 2.25 bits per heavy atom. The van der Waals surface area contributed by atoms with Gasteiger partial charge in [-0.15, -0.1) is 0 Å². The SMILES string of the molecule is CCCNC1CC(C)(C(C)OC)Oc2ccc(C)cc21. The Balaban J connectivity index is 2.33. The molecule has 0 bridgehead atoms. The van der Waals surface area contributed by atoms with Crippen LogP contribution in [0.25, 0.3) is 0 Å². The Morgan fingerprint density at radius 1 is 1.50 bits per heavy atom. The van der Waals surface area contributed by atoms with Gasteiger partial charge in [0.05, 0.1) is 6.10 Å². The highest BCUT2D eigenvalue weighted by molar-refractivity contribution is 5.41. The van der Waals surface area contributed by atoms with Crippen molar-refractivity contribution in [3.05, 3.63) is 29.3 Å². The smallest absolute Gasteiger partial charge is 0.134 e. The molecule has 3 nitrogen and oxygen atoms in total. The lowest BCUT2D eigenvalue weighted by Crippen LogP contribution is -2.50. The zero-order chi connectivity index (χ0) is 14.8. The number of nitrogens with one attached hydrogen (secondary N) is 1. The third kappa shape index (κ3) is 2.99. The molecule has 1 aliphatic rings. The summed E-state index contributed by atoms with van der Waals surface area (Å²) in [6.07, 6.45) is 2.12. The van der Waals surface area contributed by atoms with Gasteiger partial charge in [-0.1, -0.05) is 24.6 Å². The summed E-state index contributed by atoms with van der Waals surface area (Å²) in [5.41, 5.74) is 2.26. The fourth-order valence-corrected chi connectivity index (χ4v) is 2.84. The summed E-state index contributed by atoms with van der Waals surface area (Å²) in [6, 6.07) is 6.77. The topological polar surface area (TPSA) is 30.5 Å². The lowest BCUT2D eigenvalue weighted by atomic mass is 9.84. The molecule has 1 N–H and O–H groups in total. The van der Waals surface area contributed by atoms with Crippen molar-refractivity contribution >= 4 is 0 Å². The first-order valence-corrected chi connectivity index (χ1v) is 7.56. The van der Waals surface area contributed by atoms with Gasteiger partial charge in [-0.2, -0.15) is 0 Å². The van der Waals surface area contributed by atoms with Gasteiger partial charge in [-0.25, -0.2) is 0 Å². The molecule has 3 atom stereocenters. The molecule has 1 aromatic rings. The van der Waals surface area contributed by atoms with Gasteiger partial charge in [0.15, 0.2) is 0 Å². The predicted molar refractivity (Wildman–Crippen MR) is 82.3 cm³/mol. The number of aryl methyl sites for hydroxylation is 1. The first-order chi connectivity index (χ1) is 9.50. The summed E-state index contributed by atoms with van der Waals surface area (Å²) in [4.78, 5) is 0. The summed E-state index contributed by atoms with van der Waals surface area (Å²) in [7, 11) is 1.75. The summed E-state index contributed by atoms with van der Waals surface area (Å²) < 4.78 is 11.8. The van der Waals surface area contributed by atoms with E-state index >= 15 is 0 Å². The summed E-state index contributed by atoms with van der Waals surface area (Å²) in [6.45, 7) is 9.57. The van der Waals surface area contributed by atoms with E-state index < -0.39 is 0 Å². The van der Waals surface area contributed by atoms with Gasteiger partial charge < -0.3 is 14.8 Å². The zero-order valence-corrected chi connectivity index (χ0v) is 13.3. The molecular formula is C17H27NO2. The van der Waals surface area contributed by atoms with E-state index in [9.17, 15) is 0 Å². The van der Waals surface area contributed by atoms with E-state index in [0.717, 1.165) is 25.1 Å². The second kappa shape index (κ2) is 6.15. The second-order valence-electron chi connectivity index (χ2n) is 6.04. The predicted octanol–water partition coefficient (Wildman–Crippen LogP) is 3.61. The van der Waals surface area contributed by atoms with Crippen LogP contribution in [0.5, 0.6) is 5.75 Å². The van der Waals surface area contributed by atoms with E-state index in [4.69, 9.17) is 9.47 Å². The average Bonchev–Trinajstić information content (AvgIpc) is 2.44. The molecule has 0 aliphatic carbocycles. The van der Waals surface area contributed by atoms with Crippen molar-refractivity contribution < 1.29 is 9.47 Å². The molecule has 0 aromatic heterocycles. The Hall–Kier alpha value is -1.06. The Labute approximate surface area is 122 Å². The minimum atomic E-state index is -0.289. The standard InChI is InChI=1S/C17H27NO2/c1-6-9-18-15-11-17(4,13(3)19-5)20-16-8-7-12(2)10-14(15)16/h7-8,10,13,15,18H,6,9,11H2,1-5H3. The van der Waals surface area contributed by atoms with Crippen LogP contribution in [-0.4, -0.2) is 25.4 Å². The highest BCUT2D eigenvalue weighted by Crippen LogP contribution is 2.42. The largest absolute Gasteiger partial charge is 0.484 e. The number of fused-ring (bicyclic) bond motifs is 1. The van der Waals surface area contributed by atoms with Gasteiger partial charge in [0.2, 0.25) is 0 Å². The highest BCUT2D eigenvalue weighted by atomic mass is 16.5. The molecule has 2 rings (SSSR count). The molecule has 0 spiro atoms. The Morgan fingerprint density at radius 3 is 2.90 bits per heavy atom. The monoisotopic (exact) mass is 277 g/mol. The molecule has 1 aliphatic heterocycles. The number of methoxy groups -OCH3 is 1. The van der Waals surface area contributed by atoms with Crippen LogP contribution in [0.3, 0.4) is 0 Å². The van der Waals surface area contributed by atoms with Gasteiger partial charge in [0.25, 0.3) is 0 Å². The molecular weight excluding hydrogens is 250 g/mol. The Kier molecular flexibility index (Phi) is 4.71. The number of hydrogen-bond donors (Lipinski definition) is 1. The van der Waals surface area contributed by atoms with Crippen LogP contribution in [0.15, 0.2) is 18.2 Å². The minimum absolute atomic E-state index is 0.0582. The van der Waals surface area contributed by atoms with E-state index in [1.165, 1.54) is 11.1 Å². The molecule has 20 heavy (non-hydrogen) atoms. The van der Waals surface area contributed by atoms with Gasteiger partial charge in [0.1, 0.15) is 11.4 Å². The van der Waals surface area contributed by atoms with E-state index in [1.807, 2.05) is 0 Å². The molecule has 1 heterocycles. The molecule has 112 valence electrons. The normalized spacial score (nSPS) is 26.8.